The van der Waals surface area contributed by atoms with Crippen LogP contribution in [-0.2, 0) is 20.2 Å². The Morgan fingerprint density at radius 1 is 1.15 bits per heavy atom. The minimum absolute atomic E-state index is 0.561. The van der Waals surface area contributed by atoms with Crippen molar-refractivity contribution in [2.45, 2.75) is 18.3 Å². The van der Waals surface area contributed by atoms with Gasteiger partial charge in [0.25, 0.3) is 0 Å². The van der Waals surface area contributed by atoms with Gasteiger partial charge < -0.3 is 10.1 Å². The van der Waals surface area contributed by atoms with Gasteiger partial charge in [0.15, 0.2) is 0 Å². The molecule has 2 aromatic carbocycles. The lowest BCUT2D eigenvalue weighted by Gasteiger charge is -2.10. The number of nitrogens with one attached hydrogen (secondary N) is 1. The number of ether oxygens (including phenoxy) is 1. The fourth-order valence-corrected chi connectivity index (χ4v) is 3.58. The van der Waals surface area contributed by atoms with E-state index in [1.54, 1.807) is 16.4 Å². The molecule has 0 amide bonds. The second-order valence-corrected chi connectivity index (χ2v) is 7.57. The van der Waals surface area contributed by atoms with Gasteiger partial charge in [0, 0.05) is 25.9 Å². The van der Waals surface area contributed by atoms with E-state index in [9.17, 15) is 0 Å². The third-order valence-corrected chi connectivity index (χ3v) is 5.29. The average molecular weight is 434 g/mol. The van der Waals surface area contributed by atoms with Crippen LogP contribution >= 0.6 is 27.7 Å². The van der Waals surface area contributed by atoms with Crippen molar-refractivity contribution in [2.24, 2.45) is 7.05 Å². The number of aromatic nitrogens is 4. The van der Waals surface area contributed by atoms with E-state index in [1.165, 1.54) is 5.56 Å². The number of hydrogen-bond donors (Lipinski definition) is 1. The fraction of sp³-hybridized carbons (Fsp3) is 0.278. The standard InChI is InChI=1S/C18H20BrN5OS/c1-24-18(21-22-23-24)26-10-9-20-12-15-7-8-17(16(19)11-15)25-13-14-5-3-2-4-6-14/h2-8,11,20H,9-10,12-13H2,1H3. The van der Waals surface area contributed by atoms with Gasteiger partial charge in [-0.3, -0.25) is 0 Å². The van der Waals surface area contributed by atoms with Crippen molar-refractivity contribution >= 4 is 27.7 Å². The Morgan fingerprint density at radius 2 is 2.00 bits per heavy atom. The quantitative estimate of drug-likeness (QED) is 0.411. The highest BCUT2D eigenvalue weighted by molar-refractivity contribution is 9.10. The molecule has 0 saturated carbocycles. The predicted octanol–water partition coefficient (Wildman–Crippen LogP) is 3.43. The molecule has 0 bridgehead atoms. The highest BCUT2D eigenvalue weighted by Crippen LogP contribution is 2.26. The van der Waals surface area contributed by atoms with Gasteiger partial charge >= 0.3 is 0 Å². The zero-order chi connectivity index (χ0) is 18.2. The maximum Gasteiger partial charge on any atom is 0.209 e. The van der Waals surface area contributed by atoms with E-state index in [2.05, 4.69) is 61.0 Å². The molecule has 8 heteroatoms. The predicted molar refractivity (Wildman–Crippen MR) is 106 cm³/mol. The molecule has 6 nitrogen and oxygen atoms in total. The first kappa shape index (κ1) is 18.9. The van der Waals surface area contributed by atoms with Crippen LogP contribution in [0.25, 0.3) is 0 Å². The molecule has 0 aliphatic heterocycles. The fourth-order valence-electron chi connectivity index (χ4n) is 2.30. The van der Waals surface area contributed by atoms with Crippen molar-refractivity contribution < 1.29 is 4.74 Å². The average Bonchev–Trinajstić information content (AvgIpc) is 3.06. The molecular weight excluding hydrogens is 414 g/mol. The molecule has 0 aliphatic carbocycles. The normalized spacial score (nSPS) is 10.8. The molecule has 0 unspecified atom stereocenters. The zero-order valence-electron chi connectivity index (χ0n) is 14.4. The van der Waals surface area contributed by atoms with Crippen LogP contribution in [0.1, 0.15) is 11.1 Å². The maximum absolute atomic E-state index is 5.88. The maximum atomic E-state index is 5.88. The van der Waals surface area contributed by atoms with Crippen molar-refractivity contribution in [3.8, 4) is 5.75 Å². The van der Waals surface area contributed by atoms with Crippen molar-refractivity contribution in [3.63, 3.8) is 0 Å². The molecule has 136 valence electrons. The molecule has 1 aromatic heterocycles. The van der Waals surface area contributed by atoms with Gasteiger partial charge in [-0.25, -0.2) is 4.68 Å². The Balaban J connectivity index is 1.41. The third kappa shape index (κ3) is 5.55. The first-order valence-corrected chi connectivity index (χ1v) is 10.0. The summed E-state index contributed by atoms with van der Waals surface area (Å²) >= 11 is 5.23. The summed E-state index contributed by atoms with van der Waals surface area (Å²) in [7, 11) is 1.84. The van der Waals surface area contributed by atoms with Crippen LogP contribution in [0.3, 0.4) is 0 Å². The summed E-state index contributed by atoms with van der Waals surface area (Å²) in [5, 5.41) is 15.6. The highest BCUT2D eigenvalue weighted by Gasteiger charge is 2.05. The van der Waals surface area contributed by atoms with Gasteiger partial charge in [0.2, 0.25) is 5.16 Å². The molecule has 0 aliphatic rings. The zero-order valence-corrected chi connectivity index (χ0v) is 16.8. The number of aryl methyl sites for hydroxylation is 1. The van der Waals surface area contributed by atoms with E-state index in [0.717, 1.165) is 39.8 Å². The summed E-state index contributed by atoms with van der Waals surface area (Å²) in [6.07, 6.45) is 0. The first-order valence-electron chi connectivity index (χ1n) is 8.23. The van der Waals surface area contributed by atoms with Gasteiger partial charge in [0.1, 0.15) is 12.4 Å². The van der Waals surface area contributed by atoms with Gasteiger partial charge in [-0.1, -0.05) is 48.2 Å². The van der Waals surface area contributed by atoms with E-state index in [4.69, 9.17) is 4.74 Å². The van der Waals surface area contributed by atoms with Gasteiger partial charge in [0.05, 0.1) is 4.47 Å². The minimum atomic E-state index is 0.561. The topological polar surface area (TPSA) is 64.9 Å². The molecule has 0 saturated heterocycles. The second-order valence-electron chi connectivity index (χ2n) is 5.65. The number of rotatable bonds is 9. The molecule has 0 atom stereocenters. The lowest BCUT2D eigenvalue weighted by molar-refractivity contribution is 0.304. The Labute approximate surface area is 165 Å². The van der Waals surface area contributed by atoms with Crippen LogP contribution in [0.4, 0.5) is 0 Å². The molecule has 0 spiro atoms. The van der Waals surface area contributed by atoms with E-state index < -0.39 is 0 Å². The van der Waals surface area contributed by atoms with Crippen molar-refractivity contribution in [2.75, 3.05) is 12.3 Å². The number of nitrogens with zero attached hydrogens (tertiary/aromatic N) is 4. The molecule has 26 heavy (non-hydrogen) atoms. The molecule has 1 N–H and O–H groups in total. The number of thioether (sulfide) groups is 1. The monoisotopic (exact) mass is 433 g/mol. The summed E-state index contributed by atoms with van der Waals surface area (Å²) in [6, 6.07) is 16.3. The smallest absolute Gasteiger partial charge is 0.209 e. The number of benzene rings is 2. The van der Waals surface area contributed by atoms with Crippen LogP contribution in [0, 0.1) is 0 Å². The Kier molecular flexibility index (Phi) is 7.04. The van der Waals surface area contributed by atoms with E-state index >= 15 is 0 Å². The molecule has 0 fully saturated rings. The van der Waals surface area contributed by atoms with Gasteiger partial charge in [-0.15, -0.1) is 5.10 Å². The molecule has 1 heterocycles. The summed E-state index contributed by atoms with van der Waals surface area (Å²) < 4.78 is 8.52. The van der Waals surface area contributed by atoms with Crippen LogP contribution < -0.4 is 10.1 Å². The highest BCUT2D eigenvalue weighted by atomic mass is 79.9. The van der Waals surface area contributed by atoms with Crippen LogP contribution in [0.2, 0.25) is 0 Å². The SMILES string of the molecule is Cn1nnnc1SCCNCc1ccc(OCc2ccccc2)c(Br)c1. The van der Waals surface area contributed by atoms with Gasteiger partial charge in [-0.2, -0.15) is 0 Å². The van der Waals surface area contributed by atoms with Crippen molar-refractivity contribution in [1.82, 2.24) is 25.5 Å². The van der Waals surface area contributed by atoms with Crippen LogP contribution in [0.5, 0.6) is 5.75 Å². The minimum Gasteiger partial charge on any atom is -0.488 e. The second kappa shape index (κ2) is 9.70. The Hall–Kier alpha value is -1.90. The number of halogens is 1. The largest absolute Gasteiger partial charge is 0.488 e. The number of tetrazole rings is 1. The lowest BCUT2D eigenvalue weighted by atomic mass is 10.2. The van der Waals surface area contributed by atoms with Crippen LogP contribution in [0.15, 0.2) is 58.2 Å². The summed E-state index contributed by atoms with van der Waals surface area (Å²) in [5.41, 5.74) is 2.36. The van der Waals surface area contributed by atoms with Gasteiger partial charge in [-0.05, 0) is 49.6 Å². The third-order valence-electron chi connectivity index (χ3n) is 3.65. The molecule has 3 aromatic rings. The van der Waals surface area contributed by atoms with Crippen molar-refractivity contribution in [3.05, 3.63) is 64.1 Å². The molecular formula is C18H20BrN5OS. The lowest BCUT2D eigenvalue weighted by Crippen LogP contribution is -2.16. The summed E-state index contributed by atoms with van der Waals surface area (Å²) in [6.45, 7) is 2.24. The first-order chi connectivity index (χ1) is 12.7. The summed E-state index contributed by atoms with van der Waals surface area (Å²) in [5.74, 6) is 1.76. The summed E-state index contributed by atoms with van der Waals surface area (Å²) in [4.78, 5) is 0. The van der Waals surface area contributed by atoms with Crippen molar-refractivity contribution in [1.29, 1.82) is 0 Å². The van der Waals surface area contributed by atoms with E-state index in [-0.39, 0.29) is 0 Å². The van der Waals surface area contributed by atoms with Crippen LogP contribution in [-0.4, -0.2) is 32.5 Å². The van der Waals surface area contributed by atoms with E-state index in [1.807, 2.05) is 31.3 Å². The Bertz CT molecular complexity index is 827. The molecule has 0 radical (unpaired) electrons. The Morgan fingerprint density at radius 3 is 2.73 bits per heavy atom. The number of hydrogen-bond acceptors (Lipinski definition) is 6. The molecule has 3 rings (SSSR count). The van der Waals surface area contributed by atoms with E-state index in [0.29, 0.717) is 6.61 Å².